The molecule has 8 N–H and O–H groups in total. The van der Waals surface area contributed by atoms with Crippen LogP contribution in [0, 0.1) is 5.92 Å². The predicted molar refractivity (Wildman–Crippen MR) is 168 cm³/mol. The summed E-state index contributed by atoms with van der Waals surface area (Å²) in [5, 5.41) is 28.3. The van der Waals surface area contributed by atoms with E-state index in [0.717, 1.165) is 16.5 Å². The number of aromatic hydroxyl groups is 1. The van der Waals surface area contributed by atoms with Crippen molar-refractivity contribution in [2.24, 2.45) is 11.7 Å². The molecule has 0 saturated carbocycles. The first kappa shape index (κ1) is 33.5. The first-order valence-corrected chi connectivity index (χ1v) is 15.6. The Labute approximate surface area is 255 Å². The maximum Gasteiger partial charge on any atom is 0.326 e. The van der Waals surface area contributed by atoms with Gasteiger partial charge in [0.15, 0.2) is 0 Å². The van der Waals surface area contributed by atoms with Crippen molar-refractivity contribution >= 4 is 46.4 Å². The second-order valence-corrected chi connectivity index (χ2v) is 11.6. The van der Waals surface area contributed by atoms with Crippen LogP contribution in [0.3, 0.4) is 0 Å². The van der Waals surface area contributed by atoms with Gasteiger partial charge in [0.05, 0.1) is 6.04 Å². The van der Waals surface area contributed by atoms with Crippen LogP contribution in [0.5, 0.6) is 5.75 Å². The summed E-state index contributed by atoms with van der Waals surface area (Å²) in [5.41, 5.74) is 8.46. The van der Waals surface area contributed by atoms with Gasteiger partial charge in [-0.3, -0.25) is 14.4 Å². The number of phenols is 1. The number of hydrogen-bond acceptors (Lipinski definition) is 7. The average molecular weight is 612 g/mol. The zero-order valence-corrected chi connectivity index (χ0v) is 25.4. The van der Waals surface area contributed by atoms with Gasteiger partial charge in [-0.25, -0.2) is 4.79 Å². The number of H-pyrrole nitrogens is 1. The molecule has 0 fully saturated rings. The van der Waals surface area contributed by atoms with Crippen molar-refractivity contribution in [1.82, 2.24) is 20.9 Å². The number of aromatic nitrogens is 1. The highest BCUT2D eigenvalue weighted by Crippen LogP contribution is 2.20. The van der Waals surface area contributed by atoms with Crippen molar-refractivity contribution in [3.8, 4) is 5.75 Å². The second-order valence-electron chi connectivity index (χ2n) is 10.6. The monoisotopic (exact) mass is 611 g/mol. The number of nitrogens with one attached hydrogen (secondary N) is 4. The number of benzene rings is 2. The number of para-hydroxylation sites is 1. The number of aromatic amines is 1. The molecule has 0 aliphatic heterocycles. The van der Waals surface area contributed by atoms with Crippen molar-refractivity contribution in [2.45, 2.75) is 63.7 Å². The van der Waals surface area contributed by atoms with Crippen LogP contribution in [-0.2, 0) is 32.0 Å². The first-order chi connectivity index (χ1) is 20.5. The molecule has 0 saturated heterocycles. The number of aliphatic carboxylic acids is 1. The molecule has 5 unspecified atom stereocenters. The second kappa shape index (κ2) is 16.0. The maximum absolute atomic E-state index is 13.7. The van der Waals surface area contributed by atoms with Gasteiger partial charge in [0, 0.05) is 29.9 Å². The lowest BCUT2D eigenvalue weighted by Gasteiger charge is -2.26. The fourth-order valence-electron chi connectivity index (χ4n) is 4.63. The lowest BCUT2D eigenvalue weighted by atomic mass is 9.98. The molecule has 1 aromatic heterocycles. The van der Waals surface area contributed by atoms with Gasteiger partial charge in [-0.1, -0.05) is 50.6 Å². The number of carboxylic acids is 1. The Kier molecular flexibility index (Phi) is 12.4. The van der Waals surface area contributed by atoms with E-state index in [1.165, 1.54) is 23.9 Å². The number of phenolic OH excluding ortho intramolecular Hbond substituents is 1. The van der Waals surface area contributed by atoms with E-state index < -0.39 is 47.9 Å². The number of carbonyl (C=O) groups excluding carboxylic acids is 3. The molecule has 1 heterocycles. The van der Waals surface area contributed by atoms with E-state index in [0.29, 0.717) is 17.7 Å². The normalized spacial score (nSPS) is 14.7. The van der Waals surface area contributed by atoms with Crippen LogP contribution in [0.25, 0.3) is 10.9 Å². The number of nitrogens with two attached hydrogens (primary N) is 1. The fraction of sp³-hybridized carbons (Fsp3) is 0.419. The molecule has 12 heteroatoms. The molecule has 43 heavy (non-hydrogen) atoms. The number of amides is 3. The van der Waals surface area contributed by atoms with E-state index in [1.54, 1.807) is 18.3 Å². The molecule has 0 radical (unpaired) electrons. The van der Waals surface area contributed by atoms with Gasteiger partial charge in [0.25, 0.3) is 0 Å². The number of thioether (sulfide) groups is 1. The highest BCUT2D eigenvalue weighted by atomic mass is 32.2. The largest absolute Gasteiger partial charge is 0.508 e. The Morgan fingerprint density at radius 3 is 2.19 bits per heavy atom. The van der Waals surface area contributed by atoms with Gasteiger partial charge in [-0.2, -0.15) is 11.8 Å². The number of hydrogen-bond donors (Lipinski definition) is 7. The van der Waals surface area contributed by atoms with Gasteiger partial charge in [-0.05, 0) is 53.7 Å². The smallest absolute Gasteiger partial charge is 0.326 e. The van der Waals surface area contributed by atoms with Crippen molar-refractivity contribution in [3.05, 3.63) is 65.9 Å². The molecule has 3 amide bonds. The van der Waals surface area contributed by atoms with E-state index in [4.69, 9.17) is 5.73 Å². The third-order valence-electron chi connectivity index (χ3n) is 7.53. The van der Waals surface area contributed by atoms with Crippen LogP contribution >= 0.6 is 11.8 Å². The molecule has 2 aromatic carbocycles. The van der Waals surface area contributed by atoms with Crippen LogP contribution in [-0.4, -0.2) is 75.1 Å². The third kappa shape index (κ3) is 9.48. The minimum Gasteiger partial charge on any atom is -0.508 e. The van der Waals surface area contributed by atoms with Crippen LogP contribution in [0.1, 0.15) is 37.8 Å². The predicted octanol–water partition coefficient (Wildman–Crippen LogP) is 2.32. The molecule has 5 atom stereocenters. The summed E-state index contributed by atoms with van der Waals surface area (Å²) in [5.74, 6) is -2.49. The van der Waals surface area contributed by atoms with Crippen LogP contribution < -0.4 is 21.7 Å². The Balaban J connectivity index is 1.82. The molecule has 3 aromatic rings. The molecule has 11 nitrogen and oxygen atoms in total. The fourth-order valence-corrected chi connectivity index (χ4v) is 5.10. The van der Waals surface area contributed by atoms with Crippen LogP contribution in [0.4, 0.5) is 0 Å². The lowest BCUT2D eigenvalue weighted by molar-refractivity contribution is -0.142. The zero-order valence-electron chi connectivity index (χ0n) is 24.6. The van der Waals surface area contributed by atoms with Gasteiger partial charge in [0.1, 0.15) is 23.9 Å². The number of fused-ring (bicyclic) bond motifs is 1. The van der Waals surface area contributed by atoms with E-state index in [2.05, 4.69) is 20.9 Å². The highest BCUT2D eigenvalue weighted by molar-refractivity contribution is 7.98. The molecular formula is C31H41N5O6S. The van der Waals surface area contributed by atoms with E-state index in [-0.39, 0.29) is 30.9 Å². The number of carboxylic acid groups (broad SMARTS) is 1. The van der Waals surface area contributed by atoms with Crippen molar-refractivity contribution in [2.75, 3.05) is 12.0 Å². The Bertz CT molecular complexity index is 1390. The van der Waals surface area contributed by atoms with Crippen molar-refractivity contribution in [1.29, 1.82) is 0 Å². The number of rotatable bonds is 16. The summed E-state index contributed by atoms with van der Waals surface area (Å²) < 4.78 is 0. The summed E-state index contributed by atoms with van der Waals surface area (Å²) in [6, 6.07) is 9.44. The third-order valence-corrected chi connectivity index (χ3v) is 8.17. The van der Waals surface area contributed by atoms with Gasteiger partial charge < -0.3 is 36.9 Å². The minimum atomic E-state index is -1.26. The summed E-state index contributed by atoms with van der Waals surface area (Å²) in [7, 11) is 0. The zero-order chi connectivity index (χ0) is 31.5. The minimum absolute atomic E-state index is 0.0166. The van der Waals surface area contributed by atoms with E-state index in [1.807, 2.05) is 44.4 Å². The summed E-state index contributed by atoms with van der Waals surface area (Å²) in [6.45, 7) is 3.79. The maximum atomic E-state index is 13.7. The number of carbonyl (C=O) groups is 4. The van der Waals surface area contributed by atoms with Crippen LogP contribution in [0.15, 0.2) is 54.7 Å². The Morgan fingerprint density at radius 1 is 0.907 bits per heavy atom. The Morgan fingerprint density at radius 2 is 1.53 bits per heavy atom. The highest BCUT2D eigenvalue weighted by Gasteiger charge is 2.31. The van der Waals surface area contributed by atoms with Gasteiger partial charge in [0.2, 0.25) is 17.7 Å². The van der Waals surface area contributed by atoms with Gasteiger partial charge >= 0.3 is 5.97 Å². The Hall–Kier alpha value is -4.03. The molecule has 3 rings (SSSR count). The first-order valence-electron chi connectivity index (χ1n) is 14.2. The summed E-state index contributed by atoms with van der Waals surface area (Å²) >= 11 is 1.48. The molecule has 0 aliphatic rings. The average Bonchev–Trinajstić information content (AvgIpc) is 3.41. The lowest BCUT2D eigenvalue weighted by Crippen LogP contribution is -2.58. The van der Waals surface area contributed by atoms with E-state index >= 15 is 0 Å². The molecular weight excluding hydrogens is 570 g/mol. The van der Waals surface area contributed by atoms with Crippen molar-refractivity contribution in [3.63, 3.8) is 0 Å². The molecule has 232 valence electrons. The topological polar surface area (TPSA) is 187 Å². The SMILES string of the molecule is CCC(C)C(N)C(=O)NC(Cc1c[nH]c2ccccc12)C(=O)NC(CCSC)C(=O)NC(Cc1ccc(O)cc1)C(=O)O. The molecule has 0 aliphatic carbocycles. The summed E-state index contributed by atoms with van der Waals surface area (Å²) in [4.78, 5) is 55.3. The molecule has 0 spiro atoms. The standard InChI is InChI=1S/C31H41N5O6S/c1-4-18(2)27(32)30(40)35-25(16-20-17-33-23-8-6-5-7-22(20)23)29(39)34-24(13-14-43-3)28(38)36-26(31(41)42)15-19-9-11-21(37)12-10-19/h5-12,17-18,24-27,33,37H,4,13-16,32H2,1-3H3,(H,34,39)(H,35,40)(H,36,38)(H,41,42). The van der Waals surface area contributed by atoms with E-state index in [9.17, 15) is 29.4 Å². The molecule has 0 bridgehead atoms. The quantitative estimate of drug-likeness (QED) is 0.129. The summed E-state index contributed by atoms with van der Waals surface area (Å²) in [6.07, 6.45) is 4.69. The van der Waals surface area contributed by atoms with Crippen LogP contribution in [0.2, 0.25) is 0 Å². The van der Waals surface area contributed by atoms with Crippen molar-refractivity contribution < 1.29 is 29.4 Å². The van der Waals surface area contributed by atoms with Gasteiger partial charge in [-0.15, -0.1) is 0 Å².